The van der Waals surface area contributed by atoms with Crippen LogP contribution >= 0.6 is 15.9 Å². The summed E-state index contributed by atoms with van der Waals surface area (Å²) in [6.07, 6.45) is 6.05. The summed E-state index contributed by atoms with van der Waals surface area (Å²) < 4.78 is 0.923. The first-order valence-corrected chi connectivity index (χ1v) is 6.51. The number of nitrogens with two attached hydrogens (primary N) is 1. The van der Waals surface area contributed by atoms with Crippen molar-refractivity contribution < 1.29 is 0 Å². The van der Waals surface area contributed by atoms with Gasteiger partial charge in [0.25, 0.3) is 0 Å². The van der Waals surface area contributed by atoms with E-state index in [0.29, 0.717) is 12.0 Å². The summed E-state index contributed by atoms with van der Waals surface area (Å²) in [6.45, 7) is 2.09. The molecule has 4 nitrogen and oxygen atoms in total. The molecule has 1 saturated carbocycles. The molecule has 1 aromatic rings. The van der Waals surface area contributed by atoms with Crippen molar-refractivity contribution >= 4 is 21.9 Å². The van der Waals surface area contributed by atoms with E-state index in [4.69, 9.17) is 5.73 Å². The number of rotatable bonds is 1. The number of fused-ring (bicyclic) bond motifs is 1. The molecule has 86 valence electrons. The third kappa shape index (κ3) is 1.72. The molecule has 3 atom stereocenters. The Balaban J connectivity index is 1.76. The molecule has 2 heterocycles. The van der Waals surface area contributed by atoms with E-state index in [1.807, 2.05) is 0 Å². The Labute approximate surface area is 103 Å². The lowest BCUT2D eigenvalue weighted by molar-refractivity contribution is 0.453. The van der Waals surface area contributed by atoms with Crippen LogP contribution in [0.25, 0.3) is 0 Å². The molecule has 0 aromatic carbocycles. The minimum atomic E-state index is 0.380. The van der Waals surface area contributed by atoms with Crippen LogP contribution in [0.15, 0.2) is 16.9 Å². The van der Waals surface area contributed by atoms with Crippen LogP contribution in [0.2, 0.25) is 0 Å². The maximum atomic E-state index is 6.11. The smallest absolute Gasteiger partial charge is 0.225 e. The van der Waals surface area contributed by atoms with Crippen LogP contribution in [0.1, 0.15) is 12.8 Å². The molecule has 0 spiro atoms. The summed E-state index contributed by atoms with van der Waals surface area (Å²) in [4.78, 5) is 10.9. The van der Waals surface area contributed by atoms with Crippen LogP contribution in [-0.2, 0) is 0 Å². The Morgan fingerprint density at radius 1 is 1.25 bits per heavy atom. The molecule has 2 fully saturated rings. The predicted molar refractivity (Wildman–Crippen MR) is 66.1 cm³/mol. The largest absolute Gasteiger partial charge is 0.340 e. The van der Waals surface area contributed by atoms with E-state index in [1.54, 1.807) is 12.4 Å². The van der Waals surface area contributed by atoms with Gasteiger partial charge in [-0.15, -0.1) is 0 Å². The van der Waals surface area contributed by atoms with E-state index in [1.165, 1.54) is 12.8 Å². The summed E-state index contributed by atoms with van der Waals surface area (Å²) in [5.74, 6) is 2.24. The fourth-order valence-corrected chi connectivity index (χ4v) is 3.14. The van der Waals surface area contributed by atoms with Gasteiger partial charge in [-0.25, -0.2) is 9.97 Å². The lowest BCUT2D eigenvalue weighted by atomic mass is 9.98. The van der Waals surface area contributed by atoms with Gasteiger partial charge >= 0.3 is 0 Å². The van der Waals surface area contributed by atoms with Crippen molar-refractivity contribution in [2.24, 2.45) is 17.6 Å². The highest BCUT2D eigenvalue weighted by molar-refractivity contribution is 9.10. The van der Waals surface area contributed by atoms with Gasteiger partial charge in [-0.05, 0) is 40.6 Å². The van der Waals surface area contributed by atoms with E-state index in [-0.39, 0.29) is 0 Å². The average molecular weight is 283 g/mol. The van der Waals surface area contributed by atoms with Crippen LogP contribution in [0, 0.1) is 11.8 Å². The maximum absolute atomic E-state index is 6.11. The molecule has 3 unspecified atom stereocenters. The molecule has 16 heavy (non-hydrogen) atoms. The highest BCUT2D eigenvalue weighted by atomic mass is 79.9. The number of anilines is 1. The van der Waals surface area contributed by atoms with Crippen molar-refractivity contribution in [3.8, 4) is 0 Å². The first-order valence-electron chi connectivity index (χ1n) is 5.72. The third-order valence-electron chi connectivity index (χ3n) is 3.80. The van der Waals surface area contributed by atoms with Gasteiger partial charge in [0.05, 0.1) is 4.47 Å². The highest BCUT2D eigenvalue weighted by Gasteiger charge is 2.41. The number of hydrogen-bond acceptors (Lipinski definition) is 4. The van der Waals surface area contributed by atoms with Crippen LogP contribution in [0.3, 0.4) is 0 Å². The fourth-order valence-electron chi connectivity index (χ4n) is 2.94. The van der Waals surface area contributed by atoms with Gasteiger partial charge in [0.2, 0.25) is 5.95 Å². The van der Waals surface area contributed by atoms with E-state index >= 15 is 0 Å². The van der Waals surface area contributed by atoms with Crippen molar-refractivity contribution in [3.05, 3.63) is 16.9 Å². The second kappa shape index (κ2) is 3.96. The zero-order valence-corrected chi connectivity index (χ0v) is 10.6. The summed E-state index contributed by atoms with van der Waals surface area (Å²) in [6, 6.07) is 0.380. The second-order valence-corrected chi connectivity index (χ2v) is 5.69. The second-order valence-electron chi connectivity index (χ2n) is 4.77. The van der Waals surface area contributed by atoms with E-state index in [0.717, 1.165) is 29.4 Å². The molecule has 2 N–H and O–H groups in total. The fraction of sp³-hybridized carbons (Fsp3) is 0.636. The number of hydrogen-bond donors (Lipinski definition) is 1. The van der Waals surface area contributed by atoms with Gasteiger partial charge in [0, 0.05) is 31.5 Å². The number of aromatic nitrogens is 2. The van der Waals surface area contributed by atoms with Crippen LogP contribution in [0.4, 0.5) is 5.95 Å². The van der Waals surface area contributed by atoms with Gasteiger partial charge in [0.15, 0.2) is 0 Å². The van der Waals surface area contributed by atoms with Crippen LogP contribution in [0.5, 0.6) is 0 Å². The summed E-state index contributed by atoms with van der Waals surface area (Å²) in [5, 5.41) is 0. The molecule has 0 radical (unpaired) electrons. The molecule has 1 aromatic heterocycles. The maximum Gasteiger partial charge on any atom is 0.225 e. The summed E-state index contributed by atoms with van der Waals surface area (Å²) in [7, 11) is 0. The zero-order valence-electron chi connectivity index (χ0n) is 9.01. The predicted octanol–water partition coefficient (Wildman–Crippen LogP) is 1.41. The van der Waals surface area contributed by atoms with Crippen LogP contribution < -0.4 is 10.6 Å². The molecule has 3 rings (SSSR count). The molecule has 1 aliphatic carbocycles. The molecule has 5 heteroatoms. The number of halogens is 1. The minimum Gasteiger partial charge on any atom is -0.340 e. The molecular formula is C11H15BrN4. The van der Waals surface area contributed by atoms with Crippen molar-refractivity contribution in [2.45, 2.75) is 18.9 Å². The Hall–Kier alpha value is -0.680. The van der Waals surface area contributed by atoms with Gasteiger partial charge in [-0.2, -0.15) is 0 Å². The summed E-state index contributed by atoms with van der Waals surface area (Å²) >= 11 is 3.35. The van der Waals surface area contributed by atoms with Gasteiger partial charge in [-0.3, -0.25) is 0 Å². The van der Waals surface area contributed by atoms with Crippen molar-refractivity contribution in [2.75, 3.05) is 18.0 Å². The lowest BCUT2D eigenvalue weighted by Gasteiger charge is -2.18. The molecule has 0 bridgehead atoms. The van der Waals surface area contributed by atoms with Crippen molar-refractivity contribution in [1.29, 1.82) is 0 Å². The van der Waals surface area contributed by atoms with E-state index in [9.17, 15) is 0 Å². The van der Waals surface area contributed by atoms with Crippen molar-refractivity contribution in [1.82, 2.24) is 9.97 Å². The van der Waals surface area contributed by atoms with E-state index in [2.05, 4.69) is 30.8 Å². The van der Waals surface area contributed by atoms with Crippen LogP contribution in [-0.4, -0.2) is 29.1 Å². The van der Waals surface area contributed by atoms with Gasteiger partial charge in [0.1, 0.15) is 0 Å². The topological polar surface area (TPSA) is 55.0 Å². The monoisotopic (exact) mass is 282 g/mol. The zero-order chi connectivity index (χ0) is 11.1. The Kier molecular flexibility index (Phi) is 2.59. The van der Waals surface area contributed by atoms with Gasteiger partial charge < -0.3 is 10.6 Å². The Morgan fingerprint density at radius 3 is 2.69 bits per heavy atom. The van der Waals surface area contributed by atoms with Gasteiger partial charge in [-0.1, -0.05) is 0 Å². The van der Waals surface area contributed by atoms with Crippen molar-refractivity contribution in [3.63, 3.8) is 0 Å². The molecule has 1 saturated heterocycles. The molecular weight excluding hydrogens is 268 g/mol. The molecule has 2 aliphatic rings. The van der Waals surface area contributed by atoms with E-state index < -0.39 is 0 Å². The standard InChI is InChI=1S/C11H15BrN4/c12-8-3-14-11(15-4-8)16-5-7-1-2-10(13)9(7)6-16/h3-4,7,9-10H,1-2,5-6,13H2. The quantitative estimate of drug-likeness (QED) is 0.846. The lowest BCUT2D eigenvalue weighted by Crippen LogP contribution is -2.30. The number of nitrogens with zero attached hydrogens (tertiary/aromatic N) is 3. The Morgan fingerprint density at radius 2 is 2.00 bits per heavy atom. The normalized spacial score (nSPS) is 33.1. The highest BCUT2D eigenvalue weighted by Crippen LogP contribution is 2.38. The molecule has 1 aliphatic heterocycles. The molecule has 0 amide bonds. The SMILES string of the molecule is NC1CCC2CN(c3ncc(Br)cn3)CC12. The first kappa shape index (κ1) is 10.5. The summed E-state index contributed by atoms with van der Waals surface area (Å²) in [5.41, 5.74) is 6.11. The Bertz CT molecular complexity index is 380. The minimum absolute atomic E-state index is 0.380. The average Bonchev–Trinajstić information content (AvgIpc) is 2.83. The first-order chi connectivity index (χ1) is 7.74. The third-order valence-corrected chi connectivity index (χ3v) is 4.21.